The van der Waals surface area contributed by atoms with Gasteiger partial charge in [-0.3, -0.25) is 4.79 Å². The van der Waals surface area contributed by atoms with E-state index in [0.717, 1.165) is 5.56 Å². The zero-order valence-electron chi connectivity index (χ0n) is 15.0. The maximum Gasteiger partial charge on any atom is 0.338 e. The summed E-state index contributed by atoms with van der Waals surface area (Å²) >= 11 is 0. The zero-order chi connectivity index (χ0) is 18.4. The first kappa shape index (κ1) is 18.5. The van der Waals surface area contributed by atoms with Crippen molar-refractivity contribution in [2.45, 2.75) is 33.8 Å². The Labute approximate surface area is 148 Å². The minimum Gasteiger partial charge on any atom is -0.481 e. The number of carbonyl (C=O) groups excluding carboxylic acids is 2. The summed E-state index contributed by atoms with van der Waals surface area (Å²) in [4.78, 5) is 24.3. The maximum atomic E-state index is 12.4. The van der Waals surface area contributed by atoms with Gasteiger partial charge in [0.15, 0.2) is 6.10 Å². The molecule has 0 saturated carbocycles. The predicted octanol–water partition coefficient (Wildman–Crippen LogP) is 3.89. The molecule has 1 atom stereocenters. The molecule has 2 aromatic rings. The van der Waals surface area contributed by atoms with Gasteiger partial charge in [-0.2, -0.15) is 0 Å². The number of carbonyl (C=O) groups is 2. The van der Waals surface area contributed by atoms with Gasteiger partial charge in [-0.05, 0) is 57.5 Å². The SMILES string of the molecule is CCOC(=O)c1cccc(NC(=O)[C@@H](C)Oc2ccc(C)cc2)c1C. The Bertz CT molecular complexity index is 753. The quantitative estimate of drug-likeness (QED) is 0.810. The van der Waals surface area contributed by atoms with E-state index in [-0.39, 0.29) is 5.91 Å². The summed E-state index contributed by atoms with van der Waals surface area (Å²) in [5.74, 6) is -0.0602. The van der Waals surface area contributed by atoms with Crippen LogP contribution in [0.5, 0.6) is 5.75 Å². The van der Waals surface area contributed by atoms with Crippen molar-refractivity contribution < 1.29 is 19.1 Å². The molecule has 132 valence electrons. The molecule has 0 aromatic heterocycles. The van der Waals surface area contributed by atoms with Crippen molar-refractivity contribution in [3.63, 3.8) is 0 Å². The normalized spacial score (nSPS) is 11.5. The van der Waals surface area contributed by atoms with E-state index in [1.807, 2.05) is 31.2 Å². The number of aryl methyl sites for hydroxylation is 1. The van der Waals surface area contributed by atoms with E-state index in [4.69, 9.17) is 9.47 Å². The molecule has 1 amide bonds. The Morgan fingerprint density at radius 1 is 1.08 bits per heavy atom. The molecule has 0 aliphatic rings. The Balaban J connectivity index is 2.08. The second-order valence-corrected chi connectivity index (χ2v) is 5.76. The minimum atomic E-state index is -0.673. The van der Waals surface area contributed by atoms with Crippen LogP contribution in [0.3, 0.4) is 0 Å². The van der Waals surface area contributed by atoms with Crippen molar-refractivity contribution in [2.24, 2.45) is 0 Å². The van der Waals surface area contributed by atoms with Gasteiger partial charge in [-0.1, -0.05) is 23.8 Å². The van der Waals surface area contributed by atoms with Crippen LogP contribution in [0.1, 0.15) is 35.3 Å². The van der Waals surface area contributed by atoms with Crippen LogP contribution in [0.2, 0.25) is 0 Å². The standard InChI is InChI=1S/C20H23NO4/c1-5-24-20(23)17-7-6-8-18(14(17)3)21-19(22)15(4)25-16-11-9-13(2)10-12-16/h6-12,15H,5H2,1-4H3,(H,21,22)/t15-/m1/s1. The highest BCUT2D eigenvalue weighted by Crippen LogP contribution is 2.21. The fraction of sp³-hybridized carbons (Fsp3) is 0.300. The molecule has 5 heteroatoms. The number of hydrogen-bond acceptors (Lipinski definition) is 4. The second-order valence-electron chi connectivity index (χ2n) is 5.76. The van der Waals surface area contributed by atoms with Gasteiger partial charge in [0.05, 0.1) is 12.2 Å². The number of ether oxygens (including phenoxy) is 2. The number of benzene rings is 2. The molecule has 0 spiro atoms. The van der Waals surface area contributed by atoms with E-state index in [1.165, 1.54) is 0 Å². The minimum absolute atomic E-state index is 0.287. The van der Waals surface area contributed by atoms with E-state index in [9.17, 15) is 9.59 Å². The molecular weight excluding hydrogens is 318 g/mol. The molecule has 0 saturated heterocycles. The maximum absolute atomic E-state index is 12.4. The average molecular weight is 341 g/mol. The first-order valence-corrected chi connectivity index (χ1v) is 8.23. The number of rotatable bonds is 6. The fourth-order valence-electron chi connectivity index (χ4n) is 2.31. The second kappa shape index (κ2) is 8.33. The fourth-order valence-corrected chi connectivity index (χ4v) is 2.31. The van der Waals surface area contributed by atoms with E-state index >= 15 is 0 Å². The molecule has 2 rings (SSSR count). The van der Waals surface area contributed by atoms with Crippen LogP contribution in [0, 0.1) is 13.8 Å². The largest absolute Gasteiger partial charge is 0.481 e. The Morgan fingerprint density at radius 3 is 2.40 bits per heavy atom. The number of esters is 1. The van der Waals surface area contributed by atoms with Crippen molar-refractivity contribution >= 4 is 17.6 Å². The molecular formula is C20H23NO4. The third-order valence-electron chi connectivity index (χ3n) is 3.79. The summed E-state index contributed by atoms with van der Waals surface area (Å²) in [5, 5.41) is 2.81. The lowest BCUT2D eigenvalue weighted by atomic mass is 10.1. The lowest BCUT2D eigenvalue weighted by Gasteiger charge is -2.17. The van der Waals surface area contributed by atoms with Gasteiger partial charge in [-0.25, -0.2) is 4.79 Å². The highest BCUT2D eigenvalue weighted by Gasteiger charge is 2.18. The molecule has 0 aliphatic heterocycles. The highest BCUT2D eigenvalue weighted by molar-refractivity contribution is 5.98. The summed E-state index contributed by atoms with van der Waals surface area (Å²) in [6.45, 7) is 7.49. The number of amides is 1. The third kappa shape index (κ3) is 4.83. The van der Waals surface area contributed by atoms with Gasteiger partial charge in [0.1, 0.15) is 5.75 Å². The lowest BCUT2D eigenvalue weighted by molar-refractivity contribution is -0.122. The van der Waals surface area contributed by atoms with Crippen molar-refractivity contribution in [1.29, 1.82) is 0 Å². The van der Waals surface area contributed by atoms with E-state index in [2.05, 4.69) is 5.32 Å². The lowest BCUT2D eigenvalue weighted by Crippen LogP contribution is -2.30. The van der Waals surface area contributed by atoms with Gasteiger partial charge in [0.25, 0.3) is 5.91 Å². The third-order valence-corrected chi connectivity index (χ3v) is 3.79. The molecule has 0 aliphatic carbocycles. The smallest absolute Gasteiger partial charge is 0.338 e. The van der Waals surface area contributed by atoms with Gasteiger partial charge < -0.3 is 14.8 Å². The highest BCUT2D eigenvalue weighted by atomic mass is 16.5. The summed E-state index contributed by atoms with van der Waals surface area (Å²) in [5.41, 5.74) is 2.79. The van der Waals surface area contributed by atoms with Crippen molar-refractivity contribution in [2.75, 3.05) is 11.9 Å². The zero-order valence-corrected chi connectivity index (χ0v) is 15.0. The van der Waals surface area contributed by atoms with Crippen LogP contribution in [-0.2, 0) is 9.53 Å². The van der Waals surface area contributed by atoms with Crippen LogP contribution in [-0.4, -0.2) is 24.6 Å². The molecule has 0 bridgehead atoms. The number of nitrogens with one attached hydrogen (secondary N) is 1. The molecule has 0 heterocycles. The average Bonchev–Trinajstić information content (AvgIpc) is 2.58. The van der Waals surface area contributed by atoms with Crippen LogP contribution in [0.25, 0.3) is 0 Å². The van der Waals surface area contributed by atoms with Crippen LogP contribution >= 0.6 is 0 Å². The van der Waals surface area contributed by atoms with Gasteiger partial charge in [0.2, 0.25) is 0 Å². The first-order valence-electron chi connectivity index (χ1n) is 8.23. The van der Waals surface area contributed by atoms with E-state index in [0.29, 0.717) is 29.2 Å². The number of hydrogen-bond donors (Lipinski definition) is 1. The van der Waals surface area contributed by atoms with Gasteiger partial charge in [-0.15, -0.1) is 0 Å². The van der Waals surface area contributed by atoms with E-state index in [1.54, 1.807) is 39.0 Å². The molecule has 2 aromatic carbocycles. The summed E-state index contributed by atoms with van der Waals surface area (Å²) in [7, 11) is 0. The van der Waals surface area contributed by atoms with Gasteiger partial charge in [0, 0.05) is 5.69 Å². The van der Waals surface area contributed by atoms with Crippen LogP contribution < -0.4 is 10.1 Å². The predicted molar refractivity (Wildman–Crippen MR) is 97.0 cm³/mol. The molecule has 0 unspecified atom stereocenters. The first-order chi connectivity index (χ1) is 11.9. The van der Waals surface area contributed by atoms with E-state index < -0.39 is 12.1 Å². The van der Waals surface area contributed by atoms with Gasteiger partial charge >= 0.3 is 5.97 Å². The molecule has 1 N–H and O–H groups in total. The summed E-state index contributed by atoms with van der Waals surface area (Å²) < 4.78 is 10.7. The topological polar surface area (TPSA) is 64.6 Å². The van der Waals surface area contributed by atoms with Crippen LogP contribution in [0.15, 0.2) is 42.5 Å². The summed E-state index contributed by atoms with van der Waals surface area (Å²) in [6, 6.07) is 12.6. The van der Waals surface area contributed by atoms with Crippen molar-refractivity contribution in [1.82, 2.24) is 0 Å². The van der Waals surface area contributed by atoms with Crippen molar-refractivity contribution in [3.05, 3.63) is 59.2 Å². The molecule has 5 nitrogen and oxygen atoms in total. The Kier molecular flexibility index (Phi) is 6.17. The monoisotopic (exact) mass is 341 g/mol. The summed E-state index contributed by atoms with van der Waals surface area (Å²) in [6.07, 6.45) is -0.673. The Hall–Kier alpha value is -2.82. The Morgan fingerprint density at radius 2 is 1.76 bits per heavy atom. The molecule has 0 radical (unpaired) electrons. The van der Waals surface area contributed by atoms with Crippen molar-refractivity contribution in [3.8, 4) is 5.75 Å². The van der Waals surface area contributed by atoms with Crippen LogP contribution in [0.4, 0.5) is 5.69 Å². The molecule has 25 heavy (non-hydrogen) atoms. The molecule has 0 fully saturated rings. The number of anilines is 1.